The zero-order chi connectivity index (χ0) is 13.0. The number of fused-ring (bicyclic) bond motifs is 1. The molecule has 1 atom stereocenters. The van der Waals surface area contributed by atoms with Crippen LogP contribution in [0.4, 0.5) is 0 Å². The van der Waals surface area contributed by atoms with Crippen LogP contribution < -0.4 is 5.32 Å². The van der Waals surface area contributed by atoms with Gasteiger partial charge in [0, 0.05) is 11.8 Å². The van der Waals surface area contributed by atoms with E-state index < -0.39 is 0 Å². The molecule has 2 heteroatoms. The normalized spacial score (nSPS) is 12.5. The number of rotatable bonds is 5. The van der Waals surface area contributed by atoms with Gasteiger partial charge < -0.3 is 9.73 Å². The van der Waals surface area contributed by atoms with E-state index in [1.807, 2.05) is 6.07 Å². The van der Waals surface area contributed by atoms with Gasteiger partial charge in [-0.1, -0.05) is 18.6 Å². The summed E-state index contributed by atoms with van der Waals surface area (Å²) in [5.74, 6) is 3.67. The Morgan fingerprint density at radius 2 is 2.22 bits per heavy atom. The highest BCUT2D eigenvalue weighted by Crippen LogP contribution is 2.27. The number of hydrogen-bond donors (Lipinski definition) is 1. The third kappa shape index (κ3) is 2.75. The van der Waals surface area contributed by atoms with E-state index in [0.29, 0.717) is 0 Å². The SMILES string of the molecule is C#CCCC(NCC)c1cc2cc(C)ccc2o1. The number of nitrogens with one attached hydrogen (secondary N) is 1. The molecule has 1 aromatic heterocycles. The minimum absolute atomic E-state index is 0.207. The summed E-state index contributed by atoms with van der Waals surface area (Å²) >= 11 is 0. The molecule has 0 aliphatic rings. The number of furan rings is 1. The standard InChI is InChI=1S/C16H19NO/c1-4-6-7-14(17-5-2)16-11-13-10-12(3)8-9-15(13)18-16/h1,8-11,14,17H,5-7H2,2-3H3. The Labute approximate surface area is 108 Å². The van der Waals surface area contributed by atoms with Crippen LogP contribution in [0.1, 0.15) is 37.1 Å². The van der Waals surface area contributed by atoms with Crippen LogP contribution >= 0.6 is 0 Å². The third-order valence-corrected chi connectivity index (χ3v) is 3.06. The van der Waals surface area contributed by atoms with E-state index in [1.54, 1.807) is 0 Å². The van der Waals surface area contributed by atoms with Gasteiger partial charge in [0.05, 0.1) is 6.04 Å². The first-order chi connectivity index (χ1) is 8.74. The Kier molecular flexibility index (Phi) is 4.07. The molecule has 1 aromatic carbocycles. The van der Waals surface area contributed by atoms with Crippen LogP contribution in [-0.4, -0.2) is 6.54 Å². The van der Waals surface area contributed by atoms with Gasteiger partial charge in [0.15, 0.2) is 0 Å². The van der Waals surface area contributed by atoms with Gasteiger partial charge in [0.2, 0.25) is 0 Å². The molecule has 0 bridgehead atoms. The van der Waals surface area contributed by atoms with Crippen molar-refractivity contribution in [2.24, 2.45) is 0 Å². The monoisotopic (exact) mass is 241 g/mol. The maximum absolute atomic E-state index is 5.90. The second-order valence-electron chi connectivity index (χ2n) is 4.54. The first kappa shape index (κ1) is 12.7. The molecule has 0 aliphatic carbocycles. The summed E-state index contributed by atoms with van der Waals surface area (Å²) in [6.45, 7) is 5.09. The predicted molar refractivity (Wildman–Crippen MR) is 75.4 cm³/mol. The number of aryl methyl sites for hydroxylation is 1. The molecule has 2 rings (SSSR count). The summed E-state index contributed by atoms with van der Waals surface area (Å²) in [6.07, 6.45) is 7.00. The van der Waals surface area contributed by atoms with Crippen LogP contribution in [0.25, 0.3) is 11.0 Å². The van der Waals surface area contributed by atoms with E-state index in [0.717, 1.165) is 36.1 Å². The van der Waals surface area contributed by atoms with Crippen molar-refractivity contribution in [1.82, 2.24) is 5.32 Å². The number of terminal acetylenes is 1. The molecule has 0 saturated carbocycles. The van der Waals surface area contributed by atoms with Gasteiger partial charge in [-0.25, -0.2) is 0 Å². The molecule has 0 saturated heterocycles. The average Bonchev–Trinajstić information content (AvgIpc) is 2.77. The maximum Gasteiger partial charge on any atom is 0.134 e. The van der Waals surface area contributed by atoms with Crippen molar-refractivity contribution in [3.8, 4) is 12.3 Å². The summed E-state index contributed by atoms with van der Waals surface area (Å²) in [7, 11) is 0. The Morgan fingerprint density at radius 3 is 2.94 bits per heavy atom. The van der Waals surface area contributed by atoms with Crippen molar-refractivity contribution < 1.29 is 4.42 Å². The lowest BCUT2D eigenvalue weighted by Crippen LogP contribution is -2.20. The van der Waals surface area contributed by atoms with Crippen molar-refractivity contribution in [2.75, 3.05) is 6.54 Å². The van der Waals surface area contributed by atoms with Crippen molar-refractivity contribution >= 4 is 11.0 Å². The summed E-state index contributed by atoms with van der Waals surface area (Å²) in [5, 5.41) is 4.58. The number of benzene rings is 1. The van der Waals surface area contributed by atoms with Crippen LogP contribution in [0, 0.1) is 19.3 Å². The topological polar surface area (TPSA) is 25.2 Å². The molecule has 0 spiro atoms. The molecule has 0 fully saturated rings. The quantitative estimate of drug-likeness (QED) is 0.805. The molecule has 94 valence electrons. The van der Waals surface area contributed by atoms with Crippen LogP contribution in [0.15, 0.2) is 28.7 Å². The molecule has 18 heavy (non-hydrogen) atoms. The Bertz CT molecular complexity index is 562. The molecular formula is C16H19NO. The minimum atomic E-state index is 0.207. The van der Waals surface area contributed by atoms with Gasteiger partial charge in [0.1, 0.15) is 11.3 Å². The summed E-state index contributed by atoms with van der Waals surface area (Å²) in [4.78, 5) is 0. The molecular weight excluding hydrogens is 222 g/mol. The van der Waals surface area contributed by atoms with Crippen LogP contribution in [0.5, 0.6) is 0 Å². The van der Waals surface area contributed by atoms with E-state index >= 15 is 0 Å². The molecule has 2 nitrogen and oxygen atoms in total. The van der Waals surface area contributed by atoms with Gasteiger partial charge in [-0.3, -0.25) is 0 Å². The summed E-state index contributed by atoms with van der Waals surface area (Å²) < 4.78 is 5.90. The minimum Gasteiger partial charge on any atom is -0.459 e. The Hall–Kier alpha value is -1.72. The lowest BCUT2D eigenvalue weighted by molar-refractivity contribution is 0.421. The second-order valence-corrected chi connectivity index (χ2v) is 4.54. The van der Waals surface area contributed by atoms with E-state index in [4.69, 9.17) is 10.8 Å². The second kappa shape index (κ2) is 5.75. The lowest BCUT2D eigenvalue weighted by Gasteiger charge is -2.13. The molecule has 1 N–H and O–H groups in total. The first-order valence-electron chi connectivity index (χ1n) is 6.41. The van der Waals surface area contributed by atoms with Gasteiger partial charge in [0.25, 0.3) is 0 Å². The van der Waals surface area contributed by atoms with Crippen molar-refractivity contribution in [1.29, 1.82) is 0 Å². The highest BCUT2D eigenvalue weighted by molar-refractivity contribution is 5.78. The van der Waals surface area contributed by atoms with Crippen LogP contribution in [0.3, 0.4) is 0 Å². The largest absolute Gasteiger partial charge is 0.459 e. The highest BCUT2D eigenvalue weighted by atomic mass is 16.3. The summed E-state index contributed by atoms with van der Waals surface area (Å²) in [5.41, 5.74) is 2.19. The van der Waals surface area contributed by atoms with Gasteiger partial charge in [-0.05, 0) is 38.1 Å². The zero-order valence-corrected chi connectivity index (χ0v) is 11.0. The predicted octanol–water partition coefficient (Wildman–Crippen LogP) is 3.81. The molecule has 2 aromatic rings. The summed E-state index contributed by atoms with van der Waals surface area (Å²) in [6, 6.07) is 8.56. The van der Waals surface area contributed by atoms with E-state index in [2.05, 4.69) is 43.3 Å². The van der Waals surface area contributed by atoms with E-state index in [1.165, 1.54) is 5.56 Å². The molecule has 1 unspecified atom stereocenters. The van der Waals surface area contributed by atoms with Crippen LogP contribution in [-0.2, 0) is 0 Å². The highest BCUT2D eigenvalue weighted by Gasteiger charge is 2.14. The third-order valence-electron chi connectivity index (χ3n) is 3.06. The van der Waals surface area contributed by atoms with E-state index in [-0.39, 0.29) is 6.04 Å². The van der Waals surface area contributed by atoms with E-state index in [9.17, 15) is 0 Å². The number of hydrogen-bond acceptors (Lipinski definition) is 2. The Morgan fingerprint density at radius 1 is 1.39 bits per heavy atom. The van der Waals surface area contributed by atoms with Gasteiger partial charge >= 0.3 is 0 Å². The van der Waals surface area contributed by atoms with Crippen LogP contribution in [0.2, 0.25) is 0 Å². The molecule has 1 heterocycles. The lowest BCUT2D eigenvalue weighted by atomic mass is 10.1. The molecule has 0 radical (unpaired) electrons. The molecule has 0 amide bonds. The van der Waals surface area contributed by atoms with Crippen molar-refractivity contribution in [3.05, 3.63) is 35.6 Å². The first-order valence-corrected chi connectivity index (χ1v) is 6.41. The zero-order valence-electron chi connectivity index (χ0n) is 11.0. The smallest absolute Gasteiger partial charge is 0.134 e. The van der Waals surface area contributed by atoms with Crippen molar-refractivity contribution in [2.45, 2.75) is 32.7 Å². The Balaban J connectivity index is 2.29. The van der Waals surface area contributed by atoms with Gasteiger partial charge in [-0.2, -0.15) is 0 Å². The van der Waals surface area contributed by atoms with Gasteiger partial charge in [-0.15, -0.1) is 12.3 Å². The van der Waals surface area contributed by atoms with Crippen molar-refractivity contribution in [3.63, 3.8) is 0 Å². The fourth-order valence-electron chi connectivity index (χ4n) is 2.17. The fraction of sp³-hybridized carbons (Fsp3) is 0.375. The fourth-order valence-corrected chi connectivity index (χ4v) is 2.17. The average molecular weight is 241 g/mol. The molecule has 0 aliphatic heterocycles. The maximum atomic E-state index is 5.90.